The highest BCUT2D eigenvalue weighted by atomic mass is 16.3. The van der Waals surface area contributed by atoms with Gasteiger partial charge in [-0.15, -0.1) is 0 Å². The van der Waals surface area contributed by atoms with Gasteiger partial charge in [-0.2, -0.15) is 5.26 Å². The molecule has 0 aliphatic rings. The second-order valence-corrected chi connectivity index (χ2v) is 1.98. The summed E-state index contributed by atoms with van der Waals surface area (Å²) in [6.07, 6.45) is 2.87. The minimum Gasteiger partial charge on any atom is -0.445 e. The van der Waals surface area contributed by atoms with Crippen LogP contribution in [0.3, 0.4) is 0 Å². The highest BCUT2D eigenvalue weighted by Crippen LogP contribution is 2.08. The van der Waals surface area contributed by atoms with E-state index in [4.69, 9.17) is 9.68 Å². The van der Waals surface area contributed by atoms with Crippen LogP contribution in [0.4, 0.5) is 0 Å². The van der Waals surface area contributed by atoms with Gasteiger partial charge in [-0.1, -0.05) is 13.8 Å². The molecule has 0 aliphatic heterocycles. The van der Waals surface area contributed by atoms with Crippen LogP contribution >= 0.6 is 0 Å². The molecule has 0 amide bonds. The Balaban J connectivity index is 0.000000396. The lowest BCUT2D eigenvalue weighted by molar-refractivity contribution is 0.602. The molecule has 0 aromatic carbocycles. The van der Waals surface area contributed by atoms with Gasteiger partial charge in [0.2, 0.25) is 5.71 Å². The van der Waals surface area contributed by atoms with Gasteiger partial charge < -0.3 is 4.42 Å². The lowest BCUT2D eigenvalue weighted by atomic mass is 10.4. The highest BCUT2D eigenvalue weighted by molar-refractivity contribution is 5.67. The van der Waals surface area contributed by atoms with Crippen LogP contribution in [0, 0.1) is 11.3 Å². The smallest absolute Gasteiger partial charge is 0.245 e. The maximum Gasteiger partial charge on any atom is 0.245 e. The fourth-order valence-corrected chi connectivity index (χ4v) is 0.809. The van der Waals surface area contributed by atoms with Gasteiger partial charge in [-0.25, -0.2) is 9.97 Å². The molecule has 4 nitrogen and oxygen atoms in total. The quantitative estimate of drug-likeness (QED) is 0.615. The first-order valence-corrected chi connectivity index (χ1v) is 4.00. The van der Waals surface area contributed by atoms with Gasteiger partial charge in [0.1, 0.15) is 11.6 Å². The first-order valence-electron chi connectivity index (χ1n) is 4.00. The van der Waals surface area contributed by atoms with Gasteiger partial charge in [-0.05, 0) is 0 Å². The van der Waals surface area contributed by atoms with E-state index in [0.29, 0.717) is 16.9 Å². The van der Waals surface area contributed by atoms with Crippen molar-refractivity contribution in [2.24, 2.45) is 0 Å². The van der Waals surface area contributed by atoms with Crippen molar-refractivity contribution in [3.63, 3.8) is 0 Å². The second kappa shape index (κ2) is 4.21. The Hall–Kier alpha value is -1.89. The molecule has 0 spiro atoms. The summed E-state index contributed by atoms with van der Waals surface area (Å²) in [4.78, 5) is 7.80. The van der Waals surface area contributed by atoms with Crippen LogP contribution in [0.5, 0.6) is 0 Å². The van der Waals surface area contributed by atoms with E-state index < -0.39 is 0 Å². The lowest BCUT2D eigenvalue weighted by Crippen LogP contribution is -1.83. The summed E-state index contributed by atoms with van der Waals surface area (Å²) < 4.78 is 4.93. The van der Waals surface area contributed by atoms with Crippen LogP contribution in [0.15, 0.2) is 22.9 Å². The average molecular weight is 175 g/mol. The Labute approximate surface area is 75.8 Å². The summed E-state index contributed by atoms with van der Waals surface area (Å²) in [5.74, 6) is 0. The Morgan fingerprint density at radius 2 is 2.23 bits per heavy atom. The van der Waals surface area contributed by atoms with Crippen molar-refractivity contribution in [3.8, 4) is 6.07 Å². The van der Waals surface area contributed by atoms with Crippen molar-refractivity contribution in [1.29, 1.82) is 5.26 Å². The Morgan fingerprint density at radius 3 is 2.92 bits per heavy atom. The minimum atomic E-state index is 0.305. The SMILES string of the molecule is CC.N#Cc1cnc2occc2n1. The number of hydrogen-bond acceptors (Lipinski definition) is 4. The second-order valence-electron chi connectivity index (χ2n) is 1.98. The molecule has 0 saturated carbocycles. The monoisotopic (exact) mass is 175 g/mol. The van der Waals surface area contributed by atoms with Gasteiger partial charge in [0.15, 0.2) is 5.69 Å². The summed E-state index contributed by atoms with van der Waals surface area (Å²) in [6, 6.07) is 3.56. The van der Waals surface area contributed by atoms with Crippen LogP contribution in [-0.2, 0) is 0 Å². The molecule has 2 aromatic heterocycles. The Bertz CT molecular complexity index is 428. The van der Waals surface area contributed by atoms with E-state index in [-0.39, 0.29) is 0 Å². The molecule has 2 heterocycles. The molecule has 2 rings (SSSR count). The summed E-state index contributed by atoms with van der Waals surface area (Å²) in [5.41, 5.74) is 1.38. The summed E-state index contributed by atoms with van der Waals surface area (Å²) in [6.45, 7) is 4.00. The third-order valence-corrected chi connectivity index (χ3v) is 1.28. The maximum absolute atomic E-state index is 8.45. The molecule has 0 N–H and O–H groups in total. The normalized spacial score (nSPS) is 8.69. The van der Waals surface area contributed by atoms with Crippen molar-refractivity contribution in [2.45, 2.75) is 13.8 Å². The van der Waals surface area contributed by atoms with E-state index >= 15 is 0 Å². The number of furan rings is 1. The van der Waals surface area contributed by atoms with Gasteiger partial charge in [-0.3, -0.25) is 0 Å². The molecule has 0 aliphatic carbocycles. The molecule has 0 unspecified atom stereocenters. The van der Waals surface area contributed by atoms with E-state index in [0.717, 1.165) is 0 Å². The molecule has 0 saturated heterocycles. The predicted octanol–water partition coefficient (Wildman–Crippen LogP) is 2.12. The van der Waals surface area contributed by atoms with Gasteiger partial charge in [0.25, 0.3) is 0 Å². The molecular weight excluding hydrogens is 166 g/mol. The van der Waals surface area contributed by atoms with Crippen LogP contribution in [0.2, 0.25) is 0 Å². The Morgan fingerprint density at radius 1 is 1.46 bits per heavy atom. The number of hydrogen-bond donors (Lipinski definition) is 0. The van der Waals surface area contributed by atoms with Crippen molar-refractivity contribution in [3.05, 3.63) is 24.2 Å². The number of rotatable bonds is 0. The molecule has 0 radical (unpaired) electrons. The molecule has 0 fully saturated rings. The number of nitriles is 1. The average Bonchev–Trinajstić information content (AvgIpc) is 2.67. The summed E-state index contributed by atoms with van der Waals surface area (Å²) >= 11 is 0. The molecule has 13 heavy (non-hydrogen) atoms. The van der Waals surface area contributed by atoms with Crippen molar-refractivity contribution < 1.29 is 4.42 Å². The van der Waals surface area contributed by atoms with Gasteiger partial charge >= 0.3 is 0 Å². The zero-order chi connectivity index (χ0) is 9.68. The van der Waals surface area contributed by atoms with Crippen LogP contribution < -0.4 is 0 Å². The minimum absolute atomic E-state index is 0.305. The van der Waals surface area contributed by atoms with Crippen molar-refractivity contribution >= 4 is 11.2 Å². The number of aromatic nitrogens is 2. The molecule has 2 aromatic rings. The van der Waals surface area contributed by atoms with E-state index in [1.807, 2.05) is 19.9 Å². The lowest BCUT2D eigenvalue weighted by Gasteiger charge is -1.85. The van der Waals surface area contributed by atoms with Gasteiger partial charge in [0, 0.05) is 6.07 Å². The first-order chi connectivity index (χ1) is 6.40. The van der Waals surface area contributed by atoms with E-state index in [9.17, 15) is 0 Å². The molecule has 0 atom stereocenters. The first kappa shape index (κ1) is 9.20. The zero-order valence-electron chi connectivity index (χ0n) is 7.48. The molecule has 66 valence electrons. The topological polar surface area (TPSA) is 62.7 Å². The molecule has 4 heteroatoms. The fraction of sp³-hybridized carbons (Fsp3) is 0.222. The molecule has 0 bridgehead atoms. The third-order valence-electron chi connectivity index (χ3n) is 1.28. The Kier molecular flexibility index (Phi) is 2.98. The standard InChI is InChI=1S/C7H3N3O.C2H6/c8-3-5-4-9-7-6(10-5)1-2-11-7;1-2/h1-2,4H;1-2H3. The summed E-state index contributed by atoms with van der Waals surface area (Å²) in [7, 11) is 0. The van der Waals surface area contributed by atoms with Crippen LogP contribution in [0.25, 0.3) is 11.2 Å². The third kappa shape index (κ3) is 1.82. The maximum atomic E-state index is 8.45. The number of fused-ring (bicyclic) bond motifs is 1. The van der Waals surface area contributed by atoms with E-state index in [2.05, 4.69) is 9.97 Å². The fourth-order valence-electron chi connectivity index (χ4n) is 0.809. The van der Waals surface area contributed by atoms with Crippen LogP contribution in [-0.4, -0.2) is 9.97 Å². The summed E-state index contributed by atoms with van der Waals surface area (Å²) in [5, 5.41) is 8.45. The van der Waals surface area contributed by atoms with Crippen molar-refractivity contribution in [1.82, 2.24) is 9.97 Å². The largest absolute Gasteiger partial charge is 0.445 e. The highest BCUT2D eigenvalue weighted by Gasteiger charge is 1.99. The molecular formula is C9H9N3O. The van der Waals surface area contributed by atoms with Gasteiger partial charge in [0.05, 0.1) is 12.5 Å². The predicted molar refractivity (Wildman–Crippen MR) is 47.9 cm³/mol. The van der Waals surface area contributed by atoms with Crippen LogP contribution in [0.1, 0.15) is 19.5 Å². The van der Waals surface area contributed by atoms with E-state index in [1.54, 1.807) is 6.07 Å². The van der Waals surface area contributed by atoms with E-state index in [1.165, 1.54) is 12.5 Å². The zero-order valence-corrected chi connectivity index (χ0v) is 7.48. The number of nitrogens with zero attached hydrogens (tertiary/aromatic N) is 3. The van der Waals surface area contributed by atoms with Crippen molar-refractivity contribution in [2.75, 3.05) is 0 Å².